The molecule has 1 saturated heterocycles. The molecule has 82 valence electrons. The number of hydrogen-bond donors (Lipinski definition) is 1. The Morgan fingerprint density at radius 3 is 2.67 bits per heavy atom. The maximum Gasteiger partial charge on any atom is 0.0399 e. The quantitative estimate of drug-likeness (QED) is 0.844. The first kappa shape index (κ1) is 10.8. The van der Waals surface area contributed by atoms with E-state index in [1.165, 1.54) is 35.8 Å². The average Bonchev–Trinajstić information content (AvgIpc) is 2.31. The van der Waals surface area contributed by atoms with Crippen molar-refractivity contribution in [1.82, 2.24) is 0 Å². The molecular formula is C12H18N2S. The Labute approximate surface area is 95.8 Å². The predicted molar refractivity (Wildman–Crippen MR) is 68.7 cm³/mol. The van der Waals surface area contributed by atoms with Gasteiger partial charge >= 0.3 is 0 Å². The van der Waals surface area contributed by atoms with Crippen molar-refractivity contribution in [3.05, 3.63) is 29.8 Å². The summed E-state index contributed by atoms with van der Waals surface area (Å²) in [7, 11) is 0. The van der Waals surface area contributed by atoms with Gasteiger partial charge in [-0.05, 0) is 24.6 Å². The standard InChI is InChI=1S/C12H18N2S/c13-6-5-11-3-1-2-4-12(11)14-7-9-15-10-8-14/h1-4H,5-10,13H2. The van der Waals surface area contributed by atoms with Crippen LogP contribution < -0.4 is 10.6 Å². The van der Waals surface area contributed by atoms with Crippen LogP contribution in [-0.4, -0.2) is 31.1 Å². The molecule has 2 rings (SSSR count). The molecular weight excluding hydrogens is 204 g/mol. The molecule has 0 spiro atoms. The highest BCUT2D eigenvalue weighted by molar-refractivity contribution is 7.99. The summed E-state index contributed by atoms with van der Waals surface area (Å²) in [4.78, 5) is 2.49. The monoisotopic (exact) mass is 222 g/mol. The summed E-state index contributed by atoms with van der Waals surface area (Å²) in [6.45, 7) is 3.08. The van der Waals surface area contributed by atoms with Crippen LogP contribution in [0.3, 0.4) is 0 Å². The summed E-state index contributed by atoms with van der Waals surface area (Å²) in [5, 5.41) is 0. The van der Waals surface area contributed by atoms with Crippen molar-refractivity contribution in [2.75, 3.05) is 36.0 Å². The first-order chi connectivity index (χ1) is 7.42. The fraction of sp³-hybridized carbons (Fsp3) is 0.500. The van der Waals surface area contributed by atoms with Crippen LogP contribution in [0.25, 0.3) is 0 Å². The SMILES string of the molecule is NCCc1ccccc1N1CCSCC1. The molecule has 0 unspecified atom stereocenters. The minimum Gasteiger partial charge on any atom is -0.370 e. The number of rotatable bonds is 3. The molecule has 15 heavy (non-hydrogen) atoms. The van der Waals surface area contributed by atoms with E-state index in [1.807, 2.05) is 11.8 Å². The van der Waals surface area contributed by atoms with Gasteiger partial charge in [0, 0.05) is 30.3 Å². The molecule has 3 heteroatoms. The van der Waals surface area contributed by atoms with E-state index in [1.54, 1.807) is 0 Å². The second-order valence-electron chi connectivity index (χ2n) is 3.77. The van der Waals surface area contributed by atoms with Gasteiger partial charge in [-0.15, -0.1) is 0 Å². The molecule has 1 aliphatic rings. The topological polar surface area (TPSA) is 29.3 Å². The first-order valence-corrected chi connectivity index (χ1v) is 6.68. The minimum atomic E-state index is 0.736. The summed E-state index contributed by atoms with van der Waals surface area (Å²) in [6, 6.07) is 8.65. The number of anilines is 1. The minimum absolute atomic E-state index is 0.736. The Hall–Kier alpha value is -0.670. The van der Waals surface area contributed by atoms with Gasteiger partial charge in [0.25, 0.3) is 0 Å². The zero-order valence-corrected chi connectivity index (χ0v) is 9.80. The van der Waals surface area contributed by atoms with Crippen LogP contribution in [0.2, 0.25) is 0 Å². The Bertz CT molecular complexity index is 308. The zero-order valence-electron chi connectivity index (χ0n) is 8.98. The molecule has 0 bridgehead atoms. The second-order valence-corrected chi connectivity index (χ2v) is 4.99. The summed E-state index contributed by atoms with van der Waals surface area (Å²) >= 11 is 2.05. The Kier molecular flexibility index (Phi) is 3.92. The molecule has 1 heterocycles. The maximum atomic E-state index is 5.64. The Morgan fingerprint density at radius 2 is 1.93 bits per heavy atom. The molecule has 0 atom stereocenters. The normalized spacial score (nSPS) is 16.7. The zero-order chi connectivity index (χ0) is 10.5. The highest BCUT2D eigenvalue weighted by Crippen LogP contribution is 2.23. The molecule has 0 amide bonds. The molecule has 2 N–H and O–H groups in total. The third kappa shape index (κ3) is 2.67. The van der Waals surface area contributed by atoms with E-state index in [9.17, 15) is 0 Å². The lowest BCUT2D eigenvalue weighted by Crippen LogP contribution is -2.33. The predicted octanol–water partition coefficient (Wildman–Crippen LogP) is 1.74. The van der Waals surface area contributed by atoms with Crippen LogP contribution in [0.5, 0.6) is 0 Å². The molecule has 1 aromatic carbocycles. The third-order valence-electron chi connectivity index (χ3n) is 2.76. The maximum absolute atomic E-state index is 5.64. The molecule has 0 saturated carbocycles. The fourth-order valence-electron chi connectivity index (χ4n) is 1.99. The van der Waals surface area contributed by atoms with Crippen LogP contribution >= 0.6 is 11.8 Å². The van der Waals surface area contributed by atoms with Crippen molar-refractivity contribution in [3.8, 4) is 0 Å². The van der Waals surface area contributed by atoms with Gasteiger partial charge in [-0.2, -0.15) is 11.8 Å². The van der Waals surface area contributed by atoms with E-state index >= 15 is 0 Å². The summed E-state index contributed by atoms with van der Waals surface area (Å²) in [5.74, 6) is 2.49. The van der Waals surface area contributed by atoms with Gasteiger partial charge in [-0.3, -0.25) is 0 Å². The molecule has 0 aromatic heterocycles. The van der Waals surface area contributed by atoms with Gasteiger partial charge in [0.2, 0.25) is 0 Å². The van der Waals surface area contributed by atoms with E-state index in [2.05, 4.69) is 29.2 Å². The number of nitrogens with zero attached hydrogens (tertiary/aromatic N) is 1. The fourth-order valence-corrected chi connectivity index (χ4v) is 2.89. The van der Waals surface area contributed by atoms with E-state index < -0.39 is 0 Å². The average molecular weight is 222 g/mol. The van der Waals surface area contributed by atoms with Crippen LogP contribution in [0.4, 0.5) is 5.69 Å². The van der Waals surface area contributed by atoms with Crippen molar-refractivity contribution in [2.45, 2.75) is 6.42 Å². The summed E-state index contributed by atoms with van der Waals surface area (Å²) in [6.07, 6.45) is 0.986. The van der Waals surface area contributed by atoms with E-state index in [-0.39, 0.29) is 0 Å². The summed E-state index contributed by atoms with van der Waals surface area (Å²) in [5.41, 5.74) is 8.42. The second kappa shape index (κ2) is 5.42. The molecule has 1 aliphatic heterocycles. The van der Waals surface area contributed by atoms with E-state index in [0.717, 1.165) is 13.0 Å². The largest absolute Gasteiger partial charge is 0.370 e. The van der Waals surface area contributed by atoms with Gasteiger partial charge in [0.15, 0.2) is 0 Å². The molecule has 1 fully saturated rings. The van der Waals surface area contributed by atoms with Crippen molar-refractivity contribution in [3.63, 3.8) is 0 Å². The van der Waals surface area contributed by atoms with Crippen LogP contribution in [0, 0.1) is 0 Å². The van der Waals surface area contributed by atoms with Crippen LogP contribution in [0.1, 0.15) is 5.56 Å². The molecule has 1 aromatic rings. The third-order valence-corrected chi connectivity index (χ3v) is 3.70. The molecule has 0 radical (unpaired) electrons. The van der Waals surface area contributed by atoms with Crippen LogP contribution in [0.15, 0.2) is 24.3 Å². The smallest absolute Gasteiger partial charge is 0.0399 e. The highest BCUT2D eigenvalue weighted by Gasteiger charge is 2.13. The number of nitrogens with two attached hydrogens (primary N) is 1. The Morgan fingerprint density at radius 1 is 1.20 bits per heavy atom. The molecule has 2 nitrogen and oxygen atoms in total. The number of thioether (sulfide) groups is 1. The number of hydrogen-bond acceptors (Lipinski definition) is 3. The van der Waals surface area contributed by atoms with Gasteiger partial charge in [-0.1, -0.05) is 18.2 Å². The van der Waals surface area contributed by atoms with Gasteiger partial charge in [0.1, 0.15) is 0 Å². The lowest BCUT2D eigenvalue weighted by atomic mass is 10.1. The lowest BCUT2D eigenvalue weighted by molar-refractivity contribution is 0.842. The summed E-state index contributed by atoms with van der Waals surface area (Å²) < 4.78 is 0. The van der Waals surface area contributed by atoms with Crippen molar-refractivity contribution >= 4 is 17.4 Å². The van der Waals surface area contributed by atoms with E-state index in [4.69, 9.17) is 5.73 Å². The first-order valence-electron chi connectivity index (χ1n) is 5.52. The van der Waals surface area contributed by atoms with Crippen LogP contribution in [-0.2, 0) is 6.42 Å². The number of para-hydroxylation sites is 1. The van der Waals surface area contributed by atoms with Crippen molar-refractivity contribution in [2.24, 2.45) is 5.73 Å². The molecule has 0 aliphatic carbocycles. The van der Waals surface area contributed by atoms with Crippen molar-refractivity contribution < 1.29 is 0 Å². The van der Waals surface area contributed by atoms with Gasteiger partial charge in [-0.25, -0.2) is 0 Å². The number of benzene rings is 1. The highest BCUT2D eigenvalue weighted by atomic mass is 32.2. The van der Waals surface area contributed by atoms with Gasteiger partial charge < -0.3 is 10.6 Å². The van der Waals surface area contributed by atoms with Crippen molar-refractivity contribution in [1.29, 1.82) is 0 Å². The van der Waals surface area contributed by atoms with E-state index in [0.29, 0.717) is 0 Å². The van der Waals surface area contributed by atoms with Gasteiger partial charge in [0.05, 0.1) is 0 Å². The lowest BCUT2D eigenvalue weighted by Gasteiger charge is -2.30. The Balaban J connectivity index is 2.17.